The molecule has 30 heavy (non-hydrogen) atoms. The summed E-state index contributed by atoms with van der Waals surface area (Å²) in [5.41, 5.74) is 0.921. The maximum absolute atomic E-state index is 12.9. The van der Waals surface area contributed by atoms with Crippen LogP contribution >= 0.6 is 11.6 Å². The Bertz CT molecular complexity index is 985. The molecule has 0 spiro atoms. The minimum Gasteiger partial charge on any atom is -0.354 e. The van der Waals surface area contributed by atoms with Crippen molar-refractivity contribution < 1.29 is 8.42 Å². The fourth-order valence-electron chi connectivity index (χ4n) is 3.76. The number of halogens is 1. The van der Waals surface area contributed by atoms with Gasteiger partial charge in [0.25, 0.3) is 0 Å². The Labute approximate surface area is 183 Å². The number of rotatable bonds is 4. The highest BCUT2D eigenvalue weighted by atomic mass is 35.5. The lowest BCUT2D eigenvalue weighted by Crippen LogP contribution is -2.49. The van der Waals surface area contributed by atoms with E-state index in [1.807, 2.05) is 13.0 Å². The number of likely N-dealkylation sites (N-methyl/N-ethyl adjacent to an activating group) is 1. The Hall–Kier alpha value is -1.94. The van der Waals surface area contributed by atoms with Crippen LogP contribution in [0.2, 0.25) is 5.02 Å². The Kier molecular flexibility index (Phi) is 6.15. The van der Waals surface area contributed by atoms with Crippen molar-refractivity contribution in [2.75, 3.05) is 69.2 Å². The number of aromatic nitrogens is 2. The van der Waals surface area contributed by atoms with Gasteiger partial charge in [-0.2, -0.15) is 9.29 Å². The lowest BCUT2D eigenvalue weighted by molar-refractivity contribution is 0.312. The molecule has 2 aliphatic rings. The molecule has 162 valence electrons. The second kappa shape index (κ2) is 8.66. The van der Waals surface area contributed by atoms with Crippen LogP contribution in [0.3, 0.4) is 0 Å². The van der Waals surface area contributed by atoms with Crippen LogP contribution in [0.5, 0.6) is 0 Å². The summed E-state index contributed by atoms with van der Waals surface area (Å²) in [4.78, 5) is 16.4. The summed E-state index contributed by atoms with van der Waals surface area (Å²) in [5.74, 6) is 1.62. The average molecular weight is 451 g/mol. The molecule has 2 fully saturated rings. The minimum atomic E-state index is -3.53. The Morgan fingerprint density at radius 2 is 1.47 bits per heavy atom. The van der Waals surface area contributed by atoms with Crippen molar-refractivity contribution >= 4 is 33.4 Å². The predicted molar refractivity (Wildman–Crippen MR) is 119 cm³/mol. The van der Waals surface area contributed by atoms with Gasteiger partial charge in [0.15, 0.2) is 0 Å². The third kappa shape index (κ3) is 4.54. The van der Waals surface area contributed by atoms with Crippen LogP contribution in [0, 0.1) is 6.92 Å². The highest BCUT2D eigenvalue weighted by molar-refractivity contribution is 7.89. The molecule has 0 bridgehead atoms. The average Bonchev–Trinajstić information content (AvgIpc) is 2.74. The van der Waals surface area contributed by atoms with Crippen LogP contribution in [0.25, 0.3) is 0 Å². The zero-order chi connectivity index (χ0) is 21.3. The monoisotopic (exact) mass is 450 g/mol. The number of hydrogen-bond donors (Lipinski definition) is 0. The van der Waals surface area contributed by atoms with Gasteiger partial charge in [-0.3, -0.25) is 0 Å². The van der Waals surface area contributed by atoms with Crippen molar-refractivity contribution in [3.8, 4) is 0 Å². The maximum Gasteiger partial charge on any atom is 0.243 e. The van der Waals surface area contributed by atoms with Crippen LogP contribution in [0.15, 0.2) is 35.2 Å². The van der Waals surface area contributed by atoms with Crippen LogP contribution in [0.4, 0.5) is 11.8 Å². The summed E-state index contributed by atoms with van der Waals surface area (Å²) in [6.45, 7) is 7.79. The highest BCUT2D eigenvalue weighted by Crippen LogP contribution is 2.23. The fraction of sp³-hybridized carbons (Fsp3) is 0.500. The number of hydrogen-bond acceptors (Lipinski definition) is 7. The van der Waals surface area contributed by atoms with Gasteiger partial charge < -0.3 is 14.7 Å². The Morgan fingerprint density at radius 1 is 0.867 bits per heavy atom. The van der Waals surface area contributed by atoms with Crippen molar-refractivity contribution in [1.82, 2.24) is 19.2 Å². The van der Waals surface area contributed by atoms with Crippen molar-refractivity contribution in [2.45, 2.75) is 11.8 Å². The summed E-state index contributed by atoms with van der Waals surface area (Å²) in [6.07, 6.45) is 0. The van der Waals surface area contributed by atoms with Gasteiger partial charge in [-0.1, -0.05) is 11.6 Å². The fourth-order valence-corrected chi connectivity index (χ4v) is 5.31. The van der Waals surface area contributed by atoms with Gasteiger partial charge >= 0.3 is 0 Å². The molecular formula is C20H27ClN6O2S. The summed E-state index contributed by atoms with van der Waals surface area (Å²) < 4.78 is 27.3. The van der Waals surface area contributed by atoms with E-state index in [9.17, 15) is 8.42 Å². The first-order valence-corrected chi connectivity index (χ1v) is 11.9. The van der Waals surface area contributed by atoms with Crippen molar-refractivity contribution in [3.63, 3.8) is 0 Å². The van der Waals surface area contributed by atoms with E-state index in [-0.39, 0.29) is 4.90 Å². The summed E-state index contributed by atoms with van der Waals surface area (Å²) >= 11 is 5.89. The van der Waals surface area contributed by atoms with Crippen LogP contribution in [0.1, 0.15) is 5.69 Å². The maximum atomic E-state index is 12.9. The van der Waals surface area contributed by atoms with E-state index < -0.39 is 10.0 Å². The molecule has 0 unspecified atom stereocenters. The quantitative estimate of drug-likeness (QED) is 0.701. The number of sulfonamides is 1. The molecule has 2 saturated heterocycles. The Morgan fingerprint density at radius 3 is 2.10 bits per heavy atom. The number of nitrogens with zero attached hydrogens (tertiary/aromatic N) is 6. The second-order valence-electron chi connectivity index (χ2n) is 7.80. The number of benzene rings is 1. The molecule has 0 N–H and O–H groups in total. The van der Waals surface area contributed by atoms with Gasteiger partial charge in [0.1, 0.15) is 5.82 Å². The van der Waals surface area contributed by atoms with Crippen molar-refractivity contribution in [2.24, 2.45) is 0 Å². The van der Waals surface area contributed by atoms with E-state index >= 15 is 0 Å². The number of anilines is 2. The van der Waals surface area contributed by atoms with Crippen LogP contribution < -0.4 is 9.80 Å². The van der Waals surface area contributed by atoms with E-state index in [2.05, 4.69) is 26.7 Å². The third-order valence-corrected chi connectivity index (χ3v) is 7.79. The molecular weight excluding hydrogens is 424 g/mol. The SMILES string of the molecule is Cc1cc(N2CCN(C)CC2)nc(N2CCN(S(=O)(=O)c3ccc(Cl)cc3)CC2)n1. The normalized spacial score (nSPS) is 19.3. The van der Waals surface area contributed by atoms with Crippen LogP contribution in [-0.4, -0.2) is 87.0 Å². The largest absolute Gasteiger partial charge is 0.354 e. The minimum absolute atomic E-state index is 0.268. The van der Waals surface area contributed by atoms with Gasteiger partial charge in [-0.25, -0.2) is 13.4 Å². The van der Waals surface area contributed by atoms with Crippen molar-refractivity contribution in [1.29, 1.82) is 0 Å². The molecule has 0 amide bonds. The molecule has 8 nitrogen and oxygen atoms in total. The smallest absolute Gasteiger partial charge is 0.243 e. The molecule has 0 atom stereocenters. The predicted octanol–water partition coefficient (Wildman–Crippen LogP) is 1.70. The van der Waals surface area contributed by atoms with E-state index in [1.54, 1.807) is 24.3 Å². The molecule has 0 saturated carbocycles. The van der Waals surface area contributed by atoms with E-state index in [4.69, 9.17) is 16.6 Å². The van der Waals surface area contributed by atoms with E-state index in [0.717, 1.165) is 37.7 Å². The third-order valence-electron chi connectivity index (χ3n) is 5.63. The lowest BCUT2D eigenvalue weighted by Gasteiger charge is -2.36. The van der Waals surface area contributed by atoms with Gasteiger partial charge in [0.2, 0.25) is 16.0 Å². The van der Waals surface area contributed by atoms with Gasteiger partial charge in [-0.05, 0) is 38.2 Å². The molecule has 0 radical (unpaired) electrons. The molecule has 2 aliphatic heterocycles. The molecule has 10 heteroatoms. The molecule has 1 aromatic carbocycles. The highest BCUT2D eigenvalue weighted by Gasteiger charge is 2.29. The summed E-state index contributed by atoms with van der Waals surface area (Å²) in [7, 11) is -1.40. The topological polar surface area (TPSA) is 72.9 Å². The van der Waals surface area contributed by atoms with Crippen LogP contribution in [-0.2, 0) is 10.0 Å². The van der Waals surface area contributed by atoms with Gasteiger partial charge in [0.05, 0.1) is 4.90 Å². The first kappa shape index (κ1) is 21.3. The van der Waals surface area contributed by atoms with E-state index in [0.29, 0.717) is 37.1 Å². The first-order valence-electron chi connectivity index (χ1n) is 10.1. The standard InChI is InChI=1S/C20H27ClN6O2S/c1-16-15-19(25-9-7-24(2)8-10-25)23-20(22-16)26-11-13-27(14-12-26)30(28,29)18-5-3-17(21)4-6-18/h3-6,15H,7-14H2,1-2H3. The van der Waals surface area contributed by atoms with Gasteiger partial charge in [0, 0.05) is 69.1 Å². The summed E-state index contributed by atoms with van der Waals surface area (Å²) in [6, 6.07) is 8.33. The zero-order valence-electron chi connectivity index (χ0n) is 17.3. The number of aryl methyl sites for hydroxylation is 1. The molecule has 3 heterocycles. The first-order chi connectivity index (χ1) is 14.3. The molecule has 1 aromatic heterocycles. The lowest BCUT2D eigenvalue weighted by atomic mass is 10.3. The zero-order valence-corrected chi connectivity index (χ0v) is 18.9. The van der Waals surface area contributed by atoms with E-state index in [1.165, 1.54) is 4.31 Å². The van der Waals surface area contributed by atoms with Crippen molar-refractivity contribution in [3.05, 3.63) is 41.0 Å². The molecule has 4 rings (SSSR count). The summed E-state index contributed by atoms with van der Waals surface area (Å²) in [5, 5.41) is 0.520. The number of piperazine rings is 2. The molecule has 2 aromatic rings. The van der Waals surface area contributed by atoms with Gasteiger partial charge in [-0.15, -0.1) is 0 Å². The Balaban J connectivity index is 1.46. The molecule has 0 aliphatic carbocycles. The second-order valence-corrected chi connectivity index (χ2v) is 10.2.